The molecule has 0 atom stereocenters. The maximum atomic E-state index is 11.3. The molecule has 0 aliphatic carbocycles. The molecule has 0 N–H and O–H groups in total. The van der Waals surface area contributed by atoms with Gasteiger partial charge in [0.25, 0.3) is 0 Å². The van der Waals surface area contributed by atoms with Crippen molar-refractivity contribution in [2.45, 2.75) is 6.29 Å². The maximum Gasteiger partial charge on any atom is 0.311 e. The summed E-state index contributed by atoms with van der Waals surface area (Å²) >= 11 is 0. The molecule has 0 amide bonds. The van der Waals surface area contributed by atoms with Crippen LogP contribution in [0.15, 0.2) is 18.2 Å². The minimum atomic E-state index is -0.643. The van der Waals surface area contributed by atoms with Crippen molar-refractivity contribution in [3.63, 3.8) is 0 Å². The second-order valence-corrected chi connectivity index (χ2v) is 5.09. The number of nitro groups is 1. The molecule has 1 heterocycles. The first kappa shape index (κ1) is 17.6. The van der Waals surface area contributed by atoms with Gasteiger partial charge >= 0.3 is 5.69 Å². The van der Waals surface area contributed by atoms with Crippen LogP contribution in [0.3, 0.4) is 0 Å². The summed E-state index contributed by atoms with van der Waals surface area (Å²) < 4.78 is 21.1. The predicted molar refractivity (Wildman–Crippen MR) is 82.6 cm³/mol. The molecule has 23 heavy (non-hydrogen) atoms. The van der Waals surface area contributed by atoms with E-state index in [2.05, 4.69) is 4.90 Å². The second-order valence-electron chi connectivity index (χ2n) is 5.09. The topological polar surface area (TPSA) is 83.3 Å². The molecule has 128 valence electrons. The van der Waals surface area contributed by atoms with Gasteiger partial charge < -0.3 is 18.9 Å². The van der Waals surface area contributed by atoms with E-state index in [1.165, 1.54) is 20.3 Å². The van der Waals surface area contributed by atoms with Gasteiger partial charge in [0, 0.05) is 45.5 Å². The van der Waals surface area contributed by atoms with Crippen LogP contribution in [-0.2, 0) is 14.2 Å². The molecule has 1 aliphatic rings. The van der Waals surface area contributed by atoms with E-state index in [1.54, 1.807) is 12.1 Å². The molecule has 1 aliphatic heterocycles. The Labute approximate surface area is 135 Å². The smallest absolute Gasteiger partial charge is 0.311 e. The average Bonchev–Trinajstić information content (AvgIpc) is 2.57. The predicted octanol–water partition coefficient (Wildman–Crippen LogP) is 1.60. The van der Waals surface area contributed by atoms with E-state index in [4.69, 9.17) is 18.9 Å². The van der Waals surface area contributed by atoms with Gasteiger partial charge in [0.2, 0.25) is 0 Å². The monoisotopic (exact) mass is 326 g/mol. The Morgan fingerprint density at radius 3 is 2.61 bits per heavy atom. The van der Waals surface area contributed by atoms with E-state index >= 15 is 0 Å². The van der Waals surface area contributed by atoms with Crippen molar-refractivity contribution in [2.75, 3.05) is 53.7 Å². The highest BCUT2D eigenvalue weighted by Crippen LogP contribution is 2.31. The SMILES string of the molecule is COC(OC)c1ccc(OCCN2CCOCC2)c([N+](=O)[O-])c1. The molecule has 8 heteroatoms. The zero-order valence-corrected chi connectivity index (χ0v) is 13.4. The quantitative estimate of drug-likeness (QED) is 0.407. The van der Waals surface area contributed by atoms with Gasteiger partial charge in [-0.15, -0.1) is 0 Å². The van der Waals surface area contributed by atoms with E-state index < -0.39 is 11.2 Å². The van der Waals surface area contributed by atoms with E-state index in [0.717, 1.165) is 13.1 Å². The van der Waals surface area contributed by atoms with Gasteiger partial charge in [0.05, 0.1) is 18.1 Å². The lowest BCUT2D eigenvalue weighted by atomic mass is 10.2. The summed E-state index contributed by atoms with van der Waals surface area (Å²) in [6.07, 6.45) is -0.643. The molecule has 0 bridgehead atoms. The Morgan fingerprint density at radius 1 is 1.30 bits per heavy atom. The molecule has 1 fully saturated rings. The van der Waals surface area contributed by atoms with Crippen LogP contribution in [-0.4, -0.2) is 63.5 Å². The lowest BCUT2D eigenvalue weighted by Gasteiger charge is -2.26. The van der Waals surface area contributed by atoms with Crippen LogP contribution in [0, 0.1) is 10.1 Å². The van der Waals surface area contributed by atoms with Crippen molar-refractivity contribution in [1.82, 2.24) is 4.90 Å². The fourth-order valence-corrected chi connectivity index (χ4v) is 2.42. The van der Waals surface area contributed by atoms with Crippen LogP contribution in [0.5, 0.6) is 5.75 Å². The molecular weight excluding hydrogens is 304 g/mol. The Morgan fingerprint density at radius 2 is 2.00 bits per heavy atom. The first-order valence-corrected chi connectivity index (χ1v) is 7.42. The summed E-state index contributed by atoms with van der Waals surface area (Å²) in [5.74, 6) is 0.248. The molecule has 0 aromatic heterocycles. The normalized spacial score (nSPS) is 15.8. The third-order valence-electron chi connectivity index (χ3n) is 3.65. The molecule has 0 spiro atoms. The highest BCUT2D eigenvalue weighted by molar-refractivity contribution is 5.49. The number of nitrogens with zero attached hydrogens (tertiary/aromatic N) is 2. The summed E-state index contributed by atoms with van der Waals surface area (Å²) in [5, 5.41) is 11.3. The van der Waals surface area contributed by atoms with Gasteiger partial charge in [-0.3, -0.25) is 15.0 Å². The summed E-state index contributed by atoms with van der Waals surface area (Å²) in [6.45, 7) is 4.23. The van der Waals surface area contributed by atoms with E-state index in [-0.39, 0.29) is 11.4 Å². The van der Waals surface area contributed by atoms with Gasteiger partial charge in [-0.25, -0.2) is 0 Å². The van der Waals surface area contributed by atoms with Crippen LogP contribution in [0.25, 0.3) is 0 Å². The first-order chi connectivity index (χ1) is 11.2. The molecule has 1 saturated heterocycles. The van der Waals surface area contributed by atoms with E-state index in [1.807, 2.05) is 0 Å². The molecular formula is C15H22N2O6. The number of morpholine rings is 1. The standard InChI is InChI=1S/C15H22N2O6/c1-20-15(21-2)12-3-4-14(13(11-12)17(18)19)23-10-7-16-5-8-22-9-6-16/h3-4,11,15H,5-10H2,1-2H3. The Kier molecular flexibility index (Phi) is 6.72. The maximum absolute atomic E-state index is 11.3. The van der Waals surface area contributed by atoms with Gasteiger partial charge in [0.1, 0.15) is 6.61 Å². The third kappa shape index (κ3) is 4.87. The van der Waals surface area contributed by atoms with Crippen molar-refractivity contribution >= 4 is 5.69 Å². The summed E-state index contributed by atoms with van der Waals surface area (Å²) in [5.41, 5.74) is 0.478. The van der Waals surface area contributed by atoms with Crippen LogP contribution >= 0.6 is 0 Å². The summed E-state index contributed by atoms with van der Waals surface area (Å²) in [6, 6.07) is 4.70. The second kappa shape index (κ2) is 8.78. The van der Waals surface area contributed by atoms with Gasteiger partial charge in [-0.05, 0) is 12.1 Å². The Bertz CT molecular complexity index is 515. The van der Waals surface area contributed by atoms with Crippen molar-refractivity contribution in [3.05, 3.63) is 33.9 Å². The fraction of sp³-hybridized carbons (Fsp3) is 0.600. The summed E-state index contributed by atoms with van der Waals surface area (Å²) in [4.78, 5) is 13.0. The Hall–Kier alpha value is -1.74. The number of rotatable bonds is 8. The van der Waals surface area contributed by atoms with Crippen molar-refractivity contribution in [3.8, 4) is 5.75 Å². The Balaban J connectivity index is 2.01. The number of hydrogen-bond acceptors (Lipinski definition) is 7. The molecule has 0 unspecified atom stereocenters. The largest absolute Gasteiger partial charge is 0.485 e. The molecule has 1 aromatic rings. The van der Waals surface area contributed by atoms with Gasteiger partial charge in [-0.2, -0.15) is 0 Å². The van der Waals surface area contributed by atoms with Crippen LogP contribution in [0.2, 0.25) is 0 Å². The molecule has 2 rings (SSSR count). The third-order valence-corrected chi connectivity index (χ3v) is 3.65. The molecule has 1 aromatic carbocycles. The molecule has 0 saturated carbocycles. The van der Waals surface area contributed by atoms with Crippen molar-refractivity contribution in [2.24, 2.45) is 0 Å². The van der Waals surface area contributed by atoms with E-state index in [0.29, 0.717) is 31.9 Å². The van der Waals surface area contributed by atoms with Crippen molar-refractivity contribution < 1.29 is 23.9 Å². The number of methoxy groups -OCH3 is 2. The van der Waals surface area contributed by atoms with Crippen LogP contribution in [0.1, 0.15) is 11.9 Å². The van der Waals surface area contributed by atoms with Crippen LogP contribution in [0.4, 0.5) is 5.69 Å². The highest BCUT2D eigenvalue weighted by Gasteiger charge is 2.20. The number of hydrogen-bond donors (Lipinski definition) is 0. The summed E-state index contributed by atoms with van der Waals surface area (Å²) in [7, 11) is 2.96. The zero-order valence-electron chi connectivity index (χ0n) is 13.4. The zero-order chi connectivity index (χ0) is 16.7. The van der Waals surface area contributed by atoms with Crippen LogP contribution < -0.4 is 4.74 Å². The minimum absolute atomic E-state index is 0.0939. The average molecular weight is 326 g/mol. The molecule has 0 radical (unpaired) electrons. The molecule has 8 nitrogen and oxygen atoms in total. The minimum Gasteiger partial charge on any atom is -0.485 e. The lowest BCUT2D eigenvalue weighted by Crippen LogP contribution is -2.38. The first-order valence-electron chi connectivity index (χ1n) is 7.42. The number of ether oxygens (including phenoxy) is 4. The lowest BCUT2D eigenvalue weighted by molar-refractivity contribution is -0.386. The van der Waals surface area contributed by atoms with Gasteiger partial charge in [-0.1, -0.05) is 0 Å². The highest BCUT2D eigenvalue weighted by atomic mass is 16.7. The number of nitro benzene ring substituents is 1. The van der Waals surface area contributed by atoms with Gasteiger partial charge in [0.15, 0.2) is 12.0 Å². The van der Waals surface area contributed by atoms with Crippen molar-refractivity contribution in [1.29, 1.82) is 0 Å². The fourth-order valence-electron chi connectivity index (χ4n) is 2.42. The van der Waals surface area contributed by atoms with E-state index in [9.17, 15) is 10.1 Å². The number of benzene rings is 1.